The van der Waals surface area contributed by atoms with Crippen LogP contribution in [0.15, 0.2) is 12.1 Å². The van der Waals surface area contributed by atoms with Crippen molar-refractivity contribution in [2.75, 3.05) is 20.3 Å². The van der Waals surface area contributed by atoms with Gasteiger partial charge in [0.1, 0.15) is 16.5 Å². The van der Waals surface area contributed by atoms with Crippen LogP contribution >= 0.6 is 11.6 Å². The number of hydrogen-bond acceptors (Lipinski definition) is 3. The van der Waals surface area contributed by atoms with Crippen LogP contribution in [0.25, 0.3) is 0 Å². The van der Waals surface area contributed by atoms with Crippen molar-refractivity contribution in [2.24, 2.45) is 0 Å². The largest absolute Gasteiger partial charge is 0.506 e. The quantitative estimate of drug-likeness (QED) is 0.782. The first-order valence-electron chi connectivity index (χ1n) is 5.26. The number of unbranched alkanes of at least 4 members (excludes halogenated alkanes) is 1. The number of aryl methyl sites for hydroxylation is 1. The average molecular weight is 245 g/mol. The molecule has 0 aliphatic carbocycles. The van der Waals surface area contributed by atoms with Crippen molar-refractivity contribution in [3.8, 4) is 11.5 Å². The third kappa shape index (κ3) is 3.58. The van der Waals surface area contributed by atoms with Crippen LogP contribution in [-0.2, 0) is 4.74 Å². The van der Waals surface area contributed by atoms with E-state index in [9.17, 15) is 5.11 Å². The highest BCUT2D eigenvalue weighted by molar-refractivity contribution is 6.33. The van der Waals surface area contributed by atoms with Crippen LogP contribution in [0.5, 0.6) is 11.5 Å². The Bertz CT molecular complexity index is 339. The fraction of sp³-hybridized carbons (Fsp3) is 0.500. The Kier molecular flexibility index (Phi) is 5.43. The zero-order valence-electron chi connectivity index (χ0n) is 9.62. The van der Waals surface area contributed by atoms with Gasteiger partial charge in [-0.2, -0.15) is 0 Å². The first-order valence-corrected chi connectivity index (χ1v) is 5.64. The molecule has 0 aromatic heterocycles. The third-order valence-electron chi connectivity index (χ3n) is 2.28. The Hall–Kier alpha value is -0.930. The maximum Gasteiger partial charge on any atom is 0.141 e. The summed E-state index contributed by atoms with van der Waals surface area (Å²) in [4.78, 5) is 0. The Morgan fingerprint density at radius 1 is 1.25 bits per heavy atom. The number of hydrogen-bond donors (Lipinski definition) is 1. The molecule has 90 valence electrons. The molecule has 0 aliphatic heterocycles. The second-order valence-electron chi connectivity index (χ2n) is 3.59. The molecule has 0 heterocycles. The van der Waals surface area contributed by atoms with Crippen LogP contribution in [0.2, 0.25) is 5.02 Å². The second kappa shape index (κ2) is 6.61. The van der Waals surface area contributed by atoms with E-state index >= 15 is 0 Å². The van der Waals surface area contributed by atoms with E-state index in [1.165, 1.54) is 0 Å². The summed E-state index contributed by atoms with van der Waals surface area (Å²) in [5.74, 6) is 0.623. The van der Waals surface area contributed by atoms with E-state index in [0.29, 0.717) is 12.4 Å². The Morgan fingerprint density at radius 2 is 1.94 bits per heavy atom. The molecule has 16 heavy (non-hydrogen) atoms. The van der Waals surface area contributed by atoms with Crippen LogP contribution in [0.4, 0.5) is 0 Å². The van der Waals surface area contributed by atoms with Crippen molar-refractivity contribution in [3.63, 3.8) is 0 Å². The molecular weight excluding hydrogens is 228 g/mol. The predicted molar refractivity (Wildman–Crippen MR) is 64.5 cm³/mol. The molecule has 0 saturated carbocycles. The molecule has 0 atom stereocenters. The highest BCUT2D eigenvalue weighted by atomic mass is 35.5. The Morgan fingerprint density at radius 3 is 2.62 bits per heavy atom. The molecule has 0 spiro atoms. The van der Waals surface area contributed by atoms with Crippen LogP contribution in [0, 0.1) is 6.92 Å². The predicted octanol–water partition coefficient (Wildman–Crippen LogP) is 3.16. The van der Waals surface area contributed by atoms with Gasteiger partial charge in [0.05, 0.1) is 6.61 Å². The summed E-state index contributed by atoms with van der Waals surface area (Å²) >= 11 is 5.94. The highest BCUT2D eigenvalue weighted by Crippen LogP contribution is 2.35. The monoisotopic (exact) mass is 244 g/mol. The van der Waals surface area contributed by atoms with E-state index in [1.807, 2.05) is 0 Å². The van der Waals surface area contributed by atoms with Gasteiger partial charge >= 0.3 is 0 Å². The number of ether oxygens (including phenoxy) is 2. The summed E-state index contributed by atoms with van der Waals surface area (Å²) in [6, 6.07) is 3.55. The molecule has 1 rings (SSSR count). The zero-order chi connectivity index (χ0) is 12.0. The molecule has 0 amide bonds. The molecule has 0 unspecified atom stereocenters. The van der Waals surface area contributed by atoms with Gasteiger partial charge < -0.3 is 14.6 Å². The van der Waals surface area contributed by atoms with Crippen molar-refractivity contribution in [2.45, 2.75) is 19.8 Å². The molecule has 0 bridgehead atoms. The van der Waals surface area contributed by atoms with Crippen molar-refractivity contribution < 1.29 is 14.6 Å². The van der Waals surface area contributed by atoms with Crippen molar-refractivity contribution in [1.29, 1.82) is 0 Å². The van der Waals surface area contributed by atoms with E-state index < -0.39 is 0 Å². The zero-order valence-corrected chi connectivity index (χ0v) is 10.4. The number of phenols is 1. The fourth-order valence-corrected chi connectivity index (χ4v) is 1.55. The molecule has 4 heteroatoms. The smallest absolute Gasteiger partial charge is 0.141 e. The highest BCUT2D eigenvalue weighted by Gasteiger charge is 2.08. The summed E-state index contributed by atoms with van der Waals surface area (Å²) in [7, 11) is 1.68. The van der Waals surface area contributed by atoms with Gasteiger partial charge in [0, 0.05) is 13.7 Å². The summed E-state index contributed by atoms with van der Waals surface area (Å²) in [5.41, 5.74) is 0.747. The molecule has 0 fully saturated rings. The average Bonchev–Trinajstić information content (AvgIpc) is 2.28. The normalized spacial score (nSPS) is 10.4. The Labute approximate surface area is 101 Å². The van der Waals surface area contributed by atoms with Gasteiger partial charge in [-0.3, -0.25) is 0 Å². The maximum absolute atomic E-state index is 9.60. The lowest BCUT2D eigenvalue weighted by Gasteiger charge is -2.10. The van der Waals surface area contributed by atoms with E-state index in [1.54, 1.807) is 26.2 Å². The third-order valence-corrected chi connectivity index (χ3v) is 2.65. The van der Waals surface area contributed by atoms with Gasteiger partial charge in [-0.15, -0.1) is 0 Å². The van der Waals surface area contributed by atoms with E-state index in [4.69, 9.17) is 21.1 Å². The topological polar surface area (TPSA) is 38.7 Å². The summed E-state index contributed by atoms with van der Waals surface area (Å²) in [6.45, 7) is 3.10. The lowest BCUT2D eigenvalue weighted by Crippen LogP contribution is -2.00. The van der Waals surface area contributed by atoms with Crippen molar-refractivity contribution in [1.82, 2.24) is 0 Å². The van der Waals surface area contributed by atoms with Gasteiger partial charge in [0.15, 0.2) is 0 Å². The van der Waals surface area contributed by atoms with Crippen LogP contribution in [-0.4, -0.2) is 25.4 Å². The SMILES string of the molecule is COCCCCOc1ccc(C)c(O)c1Cl. The van der Waals surface area contributed by atoms with Crippen LogP contribution < -0.4 is 4.74 Å². The first kappa shape index (κ1) is 13.1. The number of aromatic hydroxyl groups is 1. The minimum absolute atomic E-state index is 0.0936. The van der Waals surface area contributed by atoms with E-state index in [2.05, 4.69) is 0 Å². The van der Waals surface area contributed by atoms with E-state index in [-0.39, 0.29) is 10.8 Å². The molecule has 3 nitrogen and oxygen atoms in total. The summed E-state index contributed by atoms with van der Waals surface area (Å²) in [5, 5.41) is 9.88. The number of benzene rings is 1. The first-order chi connectivity index (χ1) is 7.66. The lowest BCUT2D eigenvalue weighted by molar-refractivity contribution is 0.184. The summed E-state index contributed by atoms with van der Waals surface area (Å²) < 4.78 is 10.4. The molecule has 1 N–H and O–H groups in total. The standard InChI is InChI=1S/C12H17ClO3/c1-9-5-6-10(11(13)12(9)14)16-8-4-3-7-15-2/h5-6,14H,3-4,7-8H2,1-2H3. The number of phenolic OH excluding ortho intramolecular Hbond substituents is 1. The van der Waals surface area contributed by atoms with Gasteiger partial charge in [-0.25, -0.2) is 0 Å². The van der Waals surface area contributed by atoms with E-state index in [0.717, 1.165) is 25.0 Å². The summed E-state index contributed by atoms with van der Waals surface area (Å²) in [6.07, 6.45) is 1.85. The molecule has 1 aromatic carbocycles. The minimum Gasteiger partial charge on any atom is -0.506 e. The van der Waals surface area contributed by atoms with Gasteiger partial charge in [-0.05, 0) is 31.4 Å². The second-order valence-corrected chi connectivity index (χ2v) is 3.97. The minimum atomic E-state index is 0.0936. The van der Waals surface area contributed by atoms with Crippen molar-refractivity contribution in [3.05, 3.63) is 22.7 Å². The molecular formula is C12H17ClO3. The number of halogens is 1. The molecule has 0 aliphatic rings. The van der Waals surface area contributed by atoms with Gasteiger partial charge in [0.25, 0.3) is 0 Å². The van der Waals surface area contributed by atoms with Gasteiger partial charge in [0.2, 0.25) is 0 Å². The number of methoxy groups -OCH3 is 1. The van der Waals surface area contributed by atoms with Crippen LogP contribution in [0.3, 0.4) is 0 Å². The number of rotatable bonds is 6. The molecule has 0 saturated heterocycles. The lowest BCUT2D eigenvalue weighted by atomic mass is 10.2. The fourth-order valence-electron chi connectivity index (χ4n) is 1.28. The van der Waals surface area contributed by atoms with Gasteiger partial charge in [-0.1, -0.05) is 17.7 Å². The Balaban J connectivity index is 2.45. The van der Waals surface area contributed by atoms with Crippen molar-refractivity contribution >= 4 is 11.6 Å². The molecule has 0 radical (unpaired) electrons. The van der Waals surface area contributed by atoms with Crippen LogP contribution in [0.1, 0.15) is 18.4 Å². The molecule has 1 aromatic rings. The maximum atomic E-state index is 9.60.